The van der Waals surface area contributed by atoms with Crippen molar-refractivity contribution in [2.45, 2.75) is 18.5 Å². The van der Waals surface area contributed by atoms with Gasteiger partial charge in [0.05, 0.1) is 19.3 Å². The number of benzene rings is 1. The van der Waals surface area contributed by atoms with Crippen molar-refractivity contribution in [1.29, 1.82) is 0 Å². The molecular formula is C14H16N4O3. The number of rotatable bonds is 4. The highest BCUT2D eigenvalue weighted by atomic mass is 16.5. The second kappa shape index (κ2) is 5.53. The molecule has 0 saturated carbocycles. The van der Waals surface area contributed by atoms with E-state index >= 15 is 0 Å². The largest absolute Gasteiger partial charge is 0.497 e. The maximum absolute atomic E-state index is 10.9. The molecule has 1 aliphatic heterocycles. The quantitative estimate of drug-likeness (QED) is 0.870. The minimum atomic E-state index is -0.826. The normalized spacial score (nSPS) is 21.4. The van der Waals surface area contributed by atoms with Crippen molar-refractivity contribution >= 4 is 5.97 Å². The van der Waals surface area contributed by atoms with E-state index in [0.717, 1.165) is 17.0 Å². The van der Waals surface area contributed by atoms with Crippen molar-refractivity contribution in [2.75, 3.05) is 13.7 Å². The number of ether oxygens (including phenoxy) is 1. The number of aliphatic carboxylic acids is 1. The third kappa shape index (κ3) is 2.73. The maximum atomic E-state index is 10.9. The average molecular weight is 288 g/mol. The Morgan fingerprint density at radius 2 is 2.19 bits per heavy atom. The third-order valence-corrected chi connectivity index (χ3v) is 3.68. The van der Waals surface area contributed by atoms with E-state index in [4.69, 9.17) is 9.84 Å². The first-order valence-electron chi connectivity index (χ1n) is 6.70. The van der Waals surface area contributed by atoms with Crippen LogP contribution in [0, 0.1) is 0 Å². The zero-order valence-electron chi connectivity index (χ0n) is 11.6. The zero-order chi connectivity index (χ0) is 14.8. The fourth-order valence-electron chi connectivity index (χ4n) is 2.46. The lowest BCUT2D eigenvalue weighted by Gasteiger charge is -2.07. The van der Waals surface area contributed by atoms with Crippen LogP contribution in [0.3, 0.4) is 0 Å². The van der Waals surface area contributed by atoms with Gasteiger partial charge in [0.2, 0.25) is 0 Å². The molecule has 0 aliphatic carbocycles. The average Bonchev–Trinajstić information content (AvgIpc) is 3.16. The summed E-state index contributed by atoms with van der Waals surface area (Å²) in [6.07, 6.45) is 2.36. The molecule has 2 aromatic rings. The summed E-state index contributed by atoms with van der Waals surface area (Å²) in [7, 11) is 1.62. The highest BCUT2D eigenvalue weighted by Crippen LogP contribution is 2.23. The number of carboxylic acids is 1. The van der Waals surface area contributed by atoms with E-state index in [1.165, 1.54) is 0 Å². The molecule has 2 atom stereocenters. The van der Waals surface area contributed by atoms with E-state index in [1.54, 1.807) is 11.8 Å². The van der Waals surface area contributed by atoms with Gasteiger partial charge in [-0.1, -0.05) is 5.21 Å². The molecule has 1 aromatic heterocycles. The molecular weight excluding hydrogens is 272 g/mol. The predicted molar refractivity (Wildman–Crippen MR) is 75.1 cm³/mol. The molecule has 0 bridgehead atoms. The standard InChI is InChI=1S/C14H16N4O3/c1-21-11-4-2-9(3-5-11)13-8-18(17-16-13)10-6-12(14(19)20)15-7-10/h2-5,8,10,12,15H,6-7H2,1H3,(H,19,20). The molecule has 2 N–H and O–H groups in total. The van der Waals surface area contributed by atoms with Crippen molar-refractivity contribution in [2.24, 2.45) is 0 Å². The van der Waals surface area contributed by atoms with Crippen LogP contribution in [-0.4, -0.2) is 45.8 Å². The lowest BCUT2D eigenvalue weighted by atomic mass is 10.1. The Bertz CT molecular complexity index is 638. The Morgan fingerprint density at radius 1 is 1.43 bits per heavy atom. The highest BCUT2D eigenvalue weighted by Gasteiger charge is 2.30. The van der Waals surface area contributed by atoms with Crippen LogP contribution in [0.4, 0.5) is 0 Å². The van der Waals surface area contributed by atoms with Crippen molar-refractivity contribution in [3.63, 3.8) is 0 Å². The summed E-state index contributed by atoms with van der Waals surface area (Å²) in [5.74, 6) is -0.0385. The van der Waals surface area contributed by atoms with Crippen molar-refractivity contribution < 1.29 is 14.6 Å². The number of methoxy groups -OCH3 is 1. The molecule has 1 fully saturated rings. The fraction of sp³-hybridized carbons (Fsp3) is 0.357. The molecule has 0 amide bonds. The van der Waals surface area contributed by atoms with Gasteiger partial charge in [0.1, 0.15) is 17.5 Å². The zero-order valence-corrected chi connectivity index (χ0v) is 11.6. The minimum absolute atomic E-state index is 0.0191. The number of nitrogens with zero attached hydrogens (tertiary/aromatic N) is 3. The molecule has 0 radical (unpaired) electrons. The fourth-order valence-corrected chi connectivity index (χ4v) is 2.46. The van der Waals surface area contributed by atoms with E-state index in [9.17, 15) is 4.79 Å². The van der Waals surface area contributed by atoms with Gasteiger partial charge in [0.15, 0.2) is 0 Å². The van der Waals surface area contributed by atoms with Gasteiger partial charge in [-0.3, -0.25) is 4.79 Å². The first kappa shape index (κ1) is 13.6. The van der Waals surface area contributed by atoms with Crippen LogP contribution < -0.4 is 10.1 Å². The van der Waals surface area contributed by atoms with Gasteiger partial charge in [0, 0.05) is 12.1 Å². The molecule has 110 valence electrons. The van der Waals surface area contributed by atoms with Gasteiger partial charge in [-0.25, -0.2) is 4.68 Å². The summed E-state index contributed by atoms with van der Waals surface area (Å²) in [5.41, 5.74) is 1.71. The monoisotopic (exact) mass is 288 g/mol. The topological polar surface area (TPSA) is 89.3 Å². The van der Waals surface area contributed by atoms with Gasteiger partial charge < -0.3 is 15.2 Å². The number of carbonyl (C=O) groups is 1. The Kier molecular flexibility index (Phi) is 3.57. The minimum Gasteiger partial charge on any atom is -0.497 e. The molecule has 1 aromatic carbocycles. The van der Waals surface area contributed by atoms with Crippen molar-refractivity contribution in [1.82, 2.24) is 20.3 Å². The Balaban J connectivity index is 1.75. The SMILES string of the molecule is COc1ccc(-c2cn(C3CNC(C(=O)O)C3)nn2)cc1. The van der Waals surface area contributed by atoms with E-state index in [0.29, 0.717) is 13.0 Å². The first-order chi connectivity index (χ1) is 10.2. The van der Waals surface area contributed by atoms with Crippen molar-refractivity contribution in [3.05, 3.63) is 30.5 Å². The summed E-state index contributed by atoms with van der Waals surface area (Å²) < 4.78 is 6.85. The number of aromatic nitrogens is 3. The van der Waals surface area contributed by atoms with E-state index in [-0.39, 0.29) is 6.04 Å². The van der Waals surface area contributed by atoms with Gasteiger partial charge in [-0.05, 0) is 30.7 Å². The van der Waals surface area contributed by atoms with E-state index in [2.05, 4.69) is 15.6 Å². The van der Waals surface area contributed by atoms with Crippen LogP contribution in [0.5, 0.6) is 5.75 Å². The third-order valence-electron chi connectivity index (χ3n) is 3.68. The Hall–Kier alpha value is -2.41. The Morgan fingerprint density at radius 3 is 2.81 bits per heavy atom. The number of hydrogen-bond donors (Lipinski definition) is 2. The predicted octanol–water partition coefficient (Wildman–Crippen LogP) is 0.941. The number of nitrogens with one attached hydrogen (secondary N) is 1. The number of carboxylic acid groups (broad SMARTS) is 1. The molecule has 0 spiro atoms. The van der Waals surface area contributed by atoms with Crippen LogP contribution in [0.25, 0.3) is 11.3 Å². The molecule has 3 rings (SSSR count). The molecule has 1 saturated heterocycles. The van der Waals surface area contributed by atoms with Crippen LogP contribution in [0.15, 0.2) is 30.5 Å². The lowest BCUT2D eigenvalue weighted by Crippen LogP contribution is -2.29. The summed E-state index contributed by atoms with van der Waals surface area (Å²) in [6.45, 7) is 0.586. The summed E-state index contributed by atoms with van der Waals surface area (Å²) >= 11 is 0. The van der Waals surface area contributed by atoms with Gasteiger partial charge in [-0.15, -0.1) is 5.10 Å². The van der Waals surface area contributed by atoms with Gasteiger partial charge >= 0.3 is 5.97 Å². The summed E-state index contributed by atoms with van der Waals surface area (Å²) in [5, 5.41) is 20.2. The van der Waals surface area contributed by atoms with Crippen LogP contribution in [-0.2, 0) is 4.79 Å². The smallest absolute Gasteiger partial charge is 0.320 e. The van der Waals surface area contributed by atoms with Crippen LogP contribution in [0.1, 0.15) is 12.5 Å². The molecule has 1 aliphatic rings. The lowest BCUT2D eigenvalue weighted by molar-refractivity contribution is -0.139. The van der Waals surface area contributed by atoms with Crippen molar-refractivity contribution in [3.8, 4) is 17.0 Å². The van der Waals surface area contributed by atoms with Crippen LogP contribution in [0.2, 0.25) is 0 Å². The highest BCUT2D eigenvalue weighted by molar-refractivity contribution is 5.73. The second-order valence-electron chi connectivity index (χ2n) is 5.00. The molecule has 7 nitrogen and oxygen atoms in total. The van der Waals surface area contributed by atoms with E-state index < -0.39 is 12.0 Å². The van der Waals surface area contributed by atoms with Gasteiger partial charge in [-0.2, -0.15) is 0 Å². The summed E-state index contributed by atoms with van der Waals surface area (Å²) in [4.78, 5) is 10.9. The molecule has 2 heterocycles. The first-order valence-corrected chi connectivity index (χ1v) is 6.70. The van der Waals surface area contributed by atoms with E-state index in [1.807, 2.05) is 30.5 Å². The molecule has 7 heteroatoms. The Labute approximate surface area is 121 Å². The number of hydrogen-bond acceptors (Lipinski definition) is 5. The molecule has 21 heavy (non-hydrogen) atoms. The second-order valence-corrected chi connectivity index (χ2v) is 5.00. The van der Waals surface area contributed by atoms with Crippen LogP contribution >= 0.6 is 0 Å². The molecule has 2 unspecified atom stereocenters. The van der Waals surface area contributed by atoms with Gasteiger partial charge in [0.25, 0.3) is 0 Å². The maximum Gasteiger partial charge on any atom is 0.320 e. The summed E-state index contributed by atoms with van der Waals surface area (Å²) in [6, 6.07) is 7.08.